The molecule has 1 aromatic heterocycles. The number of thiazole rings is 1. The highest BCUT2D eigenvalue weighted by Gasteiger charge is 2.01. The maximum Gasteiger partial charge on any atom is 0.161 e. The van der Waals surface area contributed by atoms with E-state index in [4.69, 9.17) is 0 Å². The molecule has 0 aliphatic heterocycles. The smallest absolute Gasteiger partial charge is 0.161 e. The molecule has 0 N–H and O–H groups in total. The van der Waals surface area contributed by atoms with E-state index in [0.29, 0.717) is 4.88 Å². The molecule has 2 rings (SSSR count). The standard InChI is InChI=1S/C11H9NOS/c13-8-10-7-12-11(14-10)6-9-4-2-1-3-5-9/h1-5,7-8H,6H2. The second-order valence-corrected chi connectivity index (χ2v) is 4.08. The van der Waals surface area contributed by atoms with E-state index in [9.17, 15) is 4.79 Å². The quantitative estimate of drug-likeness (QED) is 0.717. The summed E-state index contributed by atoms with van der Waals surface area (Å²) >= 11 is 1.45. The summed E-state index contributed by atoms with van der Waals surface area (Å²) in [6.07, 6.45) is 3.27. The zero-order chi connectivity index (χ0) is 9.80. The Hall–Kier alpha value is -1.48. The minimum atomic E-state index is 0.691. The fourth-order valence-corrected chi connectivity index (χ4v) is 2.00. The van der Waals surface area contributed by atoms with Gasteiger partial charge in [0.05, 0.1) is 9.88 Å². The molecule has 0 unspecified atom stereocenters. The topological polar surface area (TPSA) is 30.0 Å². The Balaban J connectivity index is 2.15. The van der Waals surface area contributed by atoms with Crippen molar-refractivity contribution in [2.24, 2.45) is 0 Å². The Morgan fingerprint density at radius 2 is 2.07 bits per heavy atom. The summed E-state index contributed by atoms with van der Waals surface area (Å²) in [6.45, 7) is 0. The third kappa shape index (κ3) is 2.06. The van der Waals surface area contributed by atoms with E-state index in [2.05, 4.69) is 17.1 Å². The highest BCUT2D eigenvalue weighted by molar-refractivity contribution is 7.13. The monoisotopic (exact) mass is 203 g/mol. The van der Waals surface area contributed by atoms with Crippen molar-refractivity contribution in [2.45, 2.75) is 6.42 Å². The Morgan fingerprint density at radius 1 is 1.29 bits per heavy atom. The van der Waals surface area contributed by atoms with Gasteiger partial charge in [-0.05, 0) is 5.56 Å². The molecule has 0 fully saturated rings. The number of nitrogens with zero attached hydrogens (tertiary/aromatic N) is 1. The first-order chi connectivity index (χ1) is 6.88. The van der Waals surface area contributed by atoms with Crippen LogP contribution in [0.4, 0.5) is 0 Å². The summed E-state index contributed by atoms with van der Waals surface area (Å²) in [5.41, 5.74) is 1.22. The number of hydrogen-bond acceptors (Lipinski definition) is 3. The lowest BCUT2D eigenvalue weighted by atomic mass is 10.2. The summed E-state index contributed by atoms with van der Waals surface area (Å²) < 4.78 is 0. The zero-order valence-corrected chi connectivity index (χ0v) is 8.33. The zero-order valence-electron chi connectivity index (χ0n) is 7.51. The molecule has 0 spiro atoms. The Bertz CT molecular complexity index is 422. The van der Waals surface area contributed by atoms with Crippen molar-refractivity contribution in [3.05, 3.63) is 52.0 Å². The van der Waals surface area contributed by atoms with E-state index in [1.807, 2.05) is 18.2 Å². The number of carbonyl (C=O) groups is 1. The number of carbonyl (C=O) groups excluding carboxylic acids is 1. The molecule has 0 amide bonds. The molecule has 0 saturated heterocycles. The molecule has 0 atom stereocenters. The molecule has 14 heavy (non-hydrogen) atoms. The number of aromatic nitrogens is 1. The molecule has 0 saturated carbocycles. The van der Waals surface area contributed by atoms with Crippen LogP contribution in [0.3, 0.4) is 0 Å². The van der Waals surface area contributed by atoms with Gasteiger partial charge in [-0.15, -0.1) is 11.3 Å². The summed E-state index contributed by atoms with van der Waals surface area (Å²) in [6, 6.07) is 10.1. The van der Waals surface area contributed by atoms with Gasteiger partial charge in [0.1, 0.15) is 0 Å². The Morgan fingerprint density at radius 3 is 2.71 bits per heavy atom. The number of aldehydes is 1. The summed E-state index contributed by atoms with van der Waals surface area (Å²) in [7, 11) is 0. The second kappa shape index (κ2) is 4.15. The first-order valence-electron chi connectivity index (χ1n) is 4.32. The first-order valence-corrected chi connectivity index (χ1v) is 5.14. The van der Waals surface area contributed by atoms with Crippen LogP contribution < -0.4 is 0 Å². The van der Waals surface area contributed by atoms with Crippen molar-refractivity contribution >= 4 is 17.6 Å². The van der Waals surface area contributed by atoms with Gasteiger partial charge in [0.2, 0.25) is 0 Å². The lowest BCUT2D eigenvalue weighted by molar-refractivity contribution is 0.112. The lowest BCUT2D eigenvalue weighted by Gasteiger charge is -1.95. The van der Waals surface area contributed by atoms with Gasteiger partial charge >= 0.3 is 0 Å². The molecular weight excluding hydrogens is 194 g/mol. The van der Waals surface area contributed by atoms with E-state index >= 15 is 0 Å². The molecule has 0 aliphatic carbocycles. The van der Waals surface area contributed by atoms with Crippen molar-refractivity contribution in [3.8, 4) is 0 Å². The van der Waals surface area contributed by atoms with E-state index in [0.717, 1.165) is 17.7 Å². The number of hydrogen-bond donors (Lipinski definition) is 0. The van der Waals surface area contributed by atoms with E-state index in [-0.39, 0.29) is 0 Å². The Kier molecular flexibility index (Phi) is 2.70. The van der Waals surface area contributed by atoms with Gasteiger partial charge in [-0.1, -0.05) is 30.3 Å². The average Bonchev–Trinajstić information content (AvgIpc) is 2.67. The second-order valence-electron chi connectivity index (χ2n) is 2.94. The van der Waals surface area contributed by atoms with Crippen molar-refractivity contribution in [3.63, 3.8) is 0 Å². The minimum Gasteiger partial charge on any atom is -0.297 e. The van der Waals surface area contributed by atoms with Crippen LogP contribution in [0, 0.1) is 0 Å². The maximum atomic E-state index is 10.4. The van der Waals surface area contributed by atoms with Crippen LogP contribution in [0.25, 0.3) is 0 Å². The van der Waals surface area contributed by atoms with Crippen LogP contribution in [-0.4, -0.2) is 11.3 Å². The highest BCUT2D eigenvalue weighted by atomic mass is 32.1. The third-order valence-corrected chi connectivity index (χ3v) is 2.81. The lowest BCUT2D eigenvalue weighted by Crippen LogP contribution is -1.84. The highest BCUT2D eigenvalue weighted by Crippen LogP contribution is 2.14. The molecule has 1 aromatic carbocycles. The predicted octanol–water partition coefficient (Wildman–Crippen LogP) is 2.55. The summed E-state index contributed by atoms with van der Waals surface area (Å²) in [5, 5.41) is 0.985. The molecule has 0 bridgehead atoms. The van der Waals surface area contributed by atoms with Gasteiger partial charge in [-0.2, -0.15) is 0 Å². The van der Waals surface area contributed by atoms with Gasteiger partial charge in [-0.25, -0.2) is 4.98 Å². The van der Waals surface area contributed by atoms with Crippen LogP contribution in [0.2, 0.25) is 0 Å². The third-order valence-electron chi connectivity index (χ3n) is 1.89. The Labute approximate surface area is 86.2 Å². The molecule has 70 valence electrons. The van der Waals surface area contributed by atoms with Crippen LogP contribution in [-0.2, 0) is 6.42 Å². The van der Waals surface area contributed by atoms with Crippen LogP contribution in [0.15, 0.2) is 36.5 Å². The average molecular weight is 203 g/mol. The molecule has 2 aromatic rings. The molecular formula is C11H9NOS. The van der Waals surface area contributed by atoms with Crippen molar-refractivity contribution in [1.82, 2.24) is 4.98 Å². The van der Waals surface area contributed by atoms with Gasteiger partial charge in [0, 0.05) is 12.6 Å². The van der Waals surface area contributed by atoms with E-state index < -0.39 is 0 Å². The van der Waals surface area contributed by atoms with Crippen molar-refractivity contribution in [2.75, 3.05) is 0 Å². The van der Waals surface area contributed by atoms with Gasteiger partial charge in [-0.3, -0.25) is 4.79 Å². The van der Waals surface area contributed by atoms with Gasteiger partial charge in [0.25, 0.3) is 0 Å². The van der Waals surface area contributed by atoms with Crippen molar-refractivity contribution < 1.29 is 4.79 Å². The SMILES string of the molecule is O=Cc1cnc(Cc2ccccc2)s1. The fourth-order valence-electron chi connectivity index (χ4n) is 1.23. The maximum absolute atomic E-state index is 10.4. The number of rotatable bonds is 3. The first kappa shape index (κ1) is 9.09. The largest absolute Gasteiger partial charge is 0.297 e. The van der Waals surface area contributed by atoms with Gasteiger partial charge in [0.15, 0.2) is 6.29 Å². The molecule has 1 heterocycles. The van der Waals surface area contributed by atoms with Crippen LogP contribution >= 0.6 is 11.3 Å². The predicted molar refractivity (Wildman–Crippen MR) is 56.7 cm³/mol. The molecule has 0 aliphatic rings. The van der Waals surface area contributed by atoms with Gasteiger partial charge < -0.3 is 0 Å². The molecule has 2 nitrogen and oxygen atoms in total. The van der Waals surface area contributed by atoms with Crippen LogP contribution in [0.1, 0.15) is 20.2 Å². The number of benzene rings is 1. The van der Waals surface area contributed by atoms with E-state index in [1.165, 1.54) is 16.9 Å². The summed E-state index contributed by atoms with van der Waals surface area (Å²) in [4.78, 5) is 15.3. The normalized spacial score (nSPS) is 10.0. The fraction of sp³-hybridized carbons (Fsp3) is 0.0909. The minimum absolute atomic E-state index is 0.691. The van der Waals surface area contributed by atoms with E-state index in [1.54, 1.807) is 6.20 Å². The van der Waals surface area contributed by atoms with Crippen molar-refractivity contribution in [1.29, 1.82) is 0 Å². The summed E-state index contributed by atoms with van der Waals surface area (Å²) in [5.74, 6) is 0. The van der Waals surface area contributed by atoms with Crippen LogP contribution in [0.5, 0.6) is 0 Å². The molecule has 3 heteroatoms. The molecule has 0 radical (unpaired) electrons.